The lowest BCUT2D eigenvalue weighted by molar-refractivity contribution is -0.127. The topological polar surface area (TPSA) is 58.2 Å². The van der Waals surface area contributed by atoms with Crippen LogP contribution in [0.2, 0.25) is 5.02 Å². The van der Waals surface area contributed by atoms with Gasteiger partial charge in [0.2, 0.25) is 11.8 Å². The van der Waals surface area contributed by atoms with Crippen molar-refractivity contribution in [3.05, 3.63) is 59.1 Å². The van der Waals surface area contributed by atoms with Crippen molar-refractivity contribution in [1.82, 2.24) is 10.6 Å². The van der Waals surface area contributed by atoms with Crippen LogP contribution in [0, 0.1) is 0 Å². The van der Waals surface area contributed by atoms with Gasteiger partial charge in [0, 0.05) is 18.5 Å². The summed E-state index contributed by atoms with van der Waals surface area (Å²) in [6.07, 6.45) is 0. The fourth-order valence-corrected chi connectivity index (χ4v) is 2.42. The van der Waals surface area contributed by atoms with Crippen LogP contribution in [-0.4, -0.2) is 17.9 Å². The number of halogens is 1. The molecule has 0 fully saturated rings. The van der Waals surface area contributed by atoms with E-state index in [9.17, 15) is 9.59 Å². The lowest BCUT2D eigenvalue weighted by Crippen LogP contribution is -2.43. The van der Waals surface area contributed by atoms with Crippen molar-refractivity contribution < 1.29 is 9.59 Å². The van der Waals surface area contributed by atoms with Gasteiger partial charge < -0.3 is 10.6 Å². The zero-order valence-corrected chi connectivity index (χ0v) is 13.9. The van der Waals surface area contributed by atoms with Crippen LogP contribution in [0.25, 0.3) is 11.1 Å². The lowest BCUT2D eigenvalue weighted by atomic mass is 9.99. The smallest absolute Gasteiger partial charge is 0.242 e. The van der Waals surface area contributed by atoms with E-state index in [0.717, 1.165) is 16.7 Å². The first kappa shape index (κ1) is 17.0. The Morgan fingerprint density at radius 1 is 1.09 bits per heavy atom. The third-order valence-electron chi connectivity index (χ3n) is 3.44. The number of hydrogen-bond donors (Lipinski definition) is 2. The molecule has 0 bridgehead atoms. The predicted molar refractivity (Wildman–Crippen MR) is 92.0 cm³/mol. The molecule has 120 valence electrons. The summed E-state index contributed by atoms with van der Waals surface area (Å²) in [7, 11) is 0. The number of carbonyl (C=O) groups is 2. The van der Waals surface area contributed by atoms with E-state index in [4.69, 9.17) is 11.6 Å². The first-order chi connectivity index (χ1) is 11.0. The molecular weight excluding hydrogens is 312 g/mol. The van der Waals surface area contributed by atoms with Gasteiger partial charge in [-0.3, -0.25) is 9.59 Å². The Balaban J connectivity index is 2.10. The summed E-state index contributed by atoms with van der Waals surface area (Å²) in [4.78, 5) is 23.0. The summed E-state index contributed by atoms with van der Waals surface area (Å²) in [5.41, 5.74) is 3.07. The highest BCUT2D eigenvalue weighted by Crippen LogP contribution is 2.25. The Morgan fingerprint density at radius 2 is 1.74 bits per heavy atom. The molecule has 2 N–H and O–H groups in total. The Bertz CT molecular complexity index is 698. The van der Waals surface area contributed by atoms with Gasteiger partial charge in [0.15, 0.2) is 0 Å². The lowest BCUT2D eigenvalue weighted by Gasteiger charge is -2.15. The Morgan fingerprint density at radius 3 is 2.39 bits per heavy atom. The SMILES string of the molecule is CC(=O)N[C@@H](C)C(=O)NCc1ccccc1-c1ccc(Cl)cc1. The van der Waals surface area contributed by atoms with Crippen molar-refractivity contribution in [2.45, 2.75) is 26.4 Å². The minimum absolute atomic E-state index is 0.217. The van der Waals surface area contributed by atoms with Gasteiger partial charge in [0.05, 0.1) is 0 Å². The number of benzene rings is 2. The van der Waals surface area contributed by atoms with E-state index in [0.29, 0.717) is 11.6 Å². The average Bonchev–Trinajstić information content (AvgIpc) is 2.53. The van der Waals surface area contributed by atoms with Gasteiger partial charge >= 0.3 is 0 Å². The van der Waals surface area contributed by atoms with Gasteiger partial charge in [-0.1, -0.05) is 48.0 Å². The van der Waals surface area contributed by atoms with Crippen molar-refractivity contribution in [3.63, 3.8) is 0 Å². The third-order valence-corrected chi connectivity index (χ3v) is 3.69. The van der Waals surface area contributed by atoms with Crippen molar-refractivity contribution >= 4 is 23.4 Å². The molecule has 0 saturated heterocycles. The van der Waals surface area contributed by atoms with Crippen LogP contribution >= 0.6 is 11.6 Å². The van der Waals surface area contributed by atoms with Crippen molar-refractivity contribution in [3.8, 4) is 11.1 Å². The van der Waals surface area contributed by atoms with E-state index in [1.54, 1.807) is 6.92 Å². The van der Waals surface area contributed by atoms with Gasteiger partial charge in [-0.25, -0.2) is 0 Å². The normalized spacial score (nSPS) is 11.6. The van der Waals surface area contributed by atoms with E-state index in [-0.39, 0.29) is 11.8 Å². The van der Waals surface area contributed by atoms with Crippen molar-refractivity contribution in [2.75, 3.05) is 0 Å². The van der Waals surface area contributed by atoms with Crippen molar-refractivity contribution in [1.29, 1.82) is 0 Å². The van der Waals surface area contributed by atoms with Crippen LogP contribution in [0.4, 0.5) is 0 Å². The van der Waals surface area contributed by atoms with Crippen LogP contribution in [0.15, 0.2) is 48.5 Å². The minimum atomic E-state index is -0.560. The number of amides is 2. The van der Waals surface area contributed by atoms with Crippen LogP contribution in [0.5, 0.6) is 0 Å². The summed E-state index contributed by atoms with van der Waals surface area (Å²) < 4.78 is 0. The van der Waals surface area contributed by atoms with Crippen LogP contribution in [-0.2, 0) is 16.1 Å². The Hall–Kier alpha value is -2.33. The average molecular weight is 331 g/mol. The second-order valence-corrected chi connectivity index (χ2v) is 5.74. The minimum Gasteiger partial charge on any atom is -0.350 e. The largest absolute Gasteiger partial charge is 0.350 e. The highest BCUT2D eigenvalue weighted by Gasteiger charge is 2.14. The molecule has 23 heavy (non-hydrogen) atoms. The number of carbonyl (C=O) groups excluding carboxylic acids is 2. The zero-order chi connectivity index (χ0) is 16.8. The van der Waals surface area contributed by atoms with E-state index in [1.807, 2.05) is 48.5 Å². The molecule has 0 spiro atoms. The third kappa shape index (κ3) is 4.83. The van der Waals surface area contributed by atoms with Gasteiger partial charge in [-0.05, 0) is 35.7 Å². The maximum Gasteiger partial charge on any atom is 0.242 e. The molecule has 2 aromatic carbocycles. The Labute approximate surface area is 140 Å². The molecular formula is C18H19ClN2O2. The summed E-state index contributed by atoms with van der Waals surface area (Å²) in [6.45, 7) is 3.43. The van der Waals surface area contributed by atoms with Crippen LogP contribution in [0.3, 0.4) is 0 Å². The second kappa shape index (κ2) is 7.79. The maximum atomic E-state index is 12.0. The van der Waals surface area contributed by atoms with E-state index < -0.39 is 6.04 Å². The first-order valence-corrected chi connectivity index (χ1v) is 7.74. The number of hydrogen-bond acceptors (Lipinski definition) is 2. The highest BCUT2D eigenvalue weighted by molar-refractivity contribution is 6.30. The molecule has 0 aliphatic rings. The number of rotatable bonds is 5. The first-order valence-electron chi connectivity index (χ1n) is 7.36. The summed E-state index contributed by atoms with van der Waals surface area (Å²) in [5.74, 6) is -0.444. The monoisotopic (exact) mass is 330 g/mol. The molecule has 0 unspecified atom stereocenters. The maximum absolute atomic E-state index is 12.0. The van der Waals surface area contributed by atoms with Crippen molar-refractivity contribution in [2.24, 2.45) is 0 Å². The summed E-state index contributed by atoms with van der Waals surface area (Å²) >= 11 is 5.93. The molecule has 2 amide bonds. The molecule has 4 nitrogen and oxygen atoms in total. The molecule has 2 rings (SSSR count). The predicted octanol–water partition coefficient (Wildman–Crippen LogP) is 3.15. The molecule has 0 radical (unpaired) electrons. The number of nitrogens with one attached hydrogen (secondary N) is 2. The summed E-state index contributed by atoms with van der Waals surface area (Å²) in [6, 6.07) is 14.9. The molecule has 0 aliphatic carbocycles. The summed E-state index contributed by atoms with van der Waals surface area (Å²) in [5, 5.41) is 6.10. The molecule has 5 heteroatoms. The molecule has 0 heterocycles. The van der Waals surface area contributed by atoms with Gasteiger partial charge in [0.1, 0.15) is 6.04 Å². The molecule has 1 atom stereocenters. The van der Waals surface area contributed by atoms with Gasteiger partial charge in [-0.15, -0.1) is 0 Å². The van der Waals surface area contributed by atoms with Crippen LogP contribution in [0.1, 0.15) is 19.4 Å². The molecule has 0 aromatic heterocycles. The fourth-order valence-electron chi connectivity index (χ4n) is 2.29. The fraction of sp³-hybridized carbons (Fsp3) is 0.222. The molecule has 0 saturated carbocycles. The highest BCUT2D eigenvalue weighted by atomic mass is 35.5. The van der Waals surface area contributed by atoms with E-state index in [1.165, 1.54) is 6.92 Å². The zero-order valence-electron chi connectivity index (χ0n) is 13.1. The standard InChI is InChI=1S/C18H19ClN2O2/c1-12(21-13(2)22)18(23)20-11-15-5-3-4-6-17(15)14-7-9-16(19)10-8-14/h3-10,12H,11H2,1-2H3,(H,20,23)(H,21,22)/t12-/m0/s1. The van der Waals surface area contributed by atoms with Crippen LogP contribution < -0.4 is 10.6 Å². The van der Waals surface area contributed by atoms with E-state index >= 15 is 0 Å². The second-order valence-electron chi connectivity index (χ2n) is 5.30. The Kier molecular flexibility index (Phi) is 5.77. The van der Waals surface area contributed by atoms with Gasteiger partial charge in [-0.2, -0.15) is 0 Å². The molecule has 2 aromatic rings. The van der Waals surface area contributed by atoms with E-state index in [2.05, 4.69) is 10.6 Å². The molecule has 0 aliphatic heterocycles. The van der Waals surface area contributed by atoms with Gasteiger partial charge in [0.25, 0.3) is 0 Å². The quantitative estimate of drug-likeness (QED) is 0.884.